The lowest BCUT2D eigenvalue weighted by Crippen LogP contribution is -2.51. The van der Waals surface area contributed by atoms with Crippen molar-refractivity contribution in [2.24, 2.45) is 0 Å². The second kappa shape index (κ2) is 7.89. The fourth-order valence-electron chi connectivity index (χ4n) is 3.81. The van der Waals surface area contributed by atoms with Gasteiger partial charge in [-0.3, -0.25) is 4.79 Å². The van der Waals surface area contributed by atoms with E-state index in [0.29, 0.717) is 13.0 Å². The minimum atomic E-state index is -0.0889. The monoisotopic (exact) mass is 343 g/mol. The maximum atomic E-state index is 12.7. The number of carbonyl (C=O) groups excluding carboxylic acids is 2. The summed E-state index contributed by atoms with van der Waals surface area (Å²) in [6.07, 6.45) is 7.17. The van der Waals surface area contributed by atoms with Gasteiger partial charge in [0.25, 0.3) is 0 Å². The van der Waals surface area contributed by atoms with E-state index in [-0.39, 0.29) is 18.0 Å². The van der Waals surface area contributed by atoms with Crippen molar-refractivity contribution in [2.75, 3.05) is 27.2 Å². The first-order valence-corrected chi connectivity index (χ1v) is 9.39. The number of hydrogen-bond donors (Lipinski definition) is 1. The zero-order valence-electron chi connectivity index (χ0n) is 15.4. The molecule has 136 valence electrons. The van der Waals surface area contributed by atoms with E-state index in [2.05, 4.69) is 23.5 Å². The number of amides is 3. The van der Waals surface area contributed by atoms with Crippen molar-refractivity contribution in [3.8, 4) is 0 Å². The van der Waals surface area contributed by atoms with Crippen molar-refractivity contribution in [2.45, 2.75) is 51.0 Å². The van der Waals surface area contributed by atoms with Crippen LogP contribution in [-0.2, 0) is 24.1 Å². The van der Waals surface area contributed by atoms with Crippen LogP contribution in [0.4, 0.5) is 4.79 Å². The lowest BCUT2D eigenvalue weighted by Gasteiger charge is -2.34. The first-order chi connectivity index (χ1) is 12.0. The van der Waals surface area contributed by atoms with Gasteiger partial charge in [0, 0.05) is 33.2 Å². The maximum absolute atomic E-state index is 12.7. The summed E-state index contributed by atoms with van der Waals surface area (Å²) in [5.74, 6) is 0.166. The molecular weight excluding hydrogens is 314 g/mol. The summed E-state index contributed by atoms with van der Waals surface area (Å²) in [5.41, 5.74) is 3.99. The van der Waals surface area contributed by atoms with E-state index in [1.54, 1.807) is 14.1 Å². The number of urea groups is 1. The second-order valence-electron chi connectivity index (χ2n) is 7.51. The molecule has 1 N–H and O–H groups in total. The van der Waals surface area contributed by atoms with Crippen LogP contribution in [0.5, 0.6) is 0 Å². The third-order valence-corrected chi connectivity index (χ3v) is 5.28. The number of aryl methyl sites for hydroxylation is 2. The molecule has 2 aliphatic rings. The standard InChI is InChI=1S/C20H29N3O2/c1-22(2)20(25)21-18-8-5-11-23(14-18)19(24)13-15-9-10-16-6-3-4-7-17(16)12-15/h9-10,12,18H,3-8,11,13-14H2,1-2H3,(H,21,25). The van der Waals surface area contributed by atoms with Gasteiger partial charge in [0.15, 0.2) is 0 Å². The van der Waals surface area contributed by atoms with Gasteiger partial charge in [0.05, 0.1) is 6.42 Å². The van der Waals surface area contributed by atoms with Gasteiger partial charge in [0.1, 0.15) is 0 Å². The Hall–Kier alpha value is -2.04. The normalized spacial score (nSPS) is 19.9. The third kappa shape index (κ3) is 4.53. The zero-order valence-corrected chi connectivity index (χ0v) is 15.4. The molecule has 1 aliphatic heterocycles. The lowest BCUT2D eigenvalue weighted by atomic mass is 9.90. The predicted molar refractivity (Wildman–Crippen MR) is 98.6 cm³/mol. The Morgan fingerprint density at radius 3 is 2.68 bits per heavy atom. The Labute approximate surface area is 150 Å². The number of nitrogens with one attached hydrogen (secondary N) is 1. The molecule has 1 aromatic carbocycles. The Morgan fingerprint density at radius 2 is 1.92 bits per heavy atom. The van der Waals surface area contributed by atoms with E-state index >= 15 is 0 Å². The van der Waals surface area contributed by atoms with Gasteiger partial charge < -0.3 is 15.1 Å². The molecule has 1 unspecified atom stereocenters. The Kier molecular flexibility index (Phi) is 5.61. The Morgan fingerprint density at radius 1 is 1.16 bits per heavy atom. The van der Waals surface area contributed by atoms with E-state index in [1.165, 1.54) is 35.3 Å². The van der Waals surface area contributed by atoms with Crippen molar-refractivity contribution in [1.82, 2.24) is 15.1 Å². The molecule has 3 rings (SSSR count). The molecule has 1 heterocycles. The molecule has 1 aliphatic carbocycles. The number of hydrogen-bond acceptors (Lipinski definition) is 2. The number of rotatable bonds is 3. The summed E-state index contributed by atoms with van der Waals surface area (Å²) in [5, 5.41) is 3.00. The minimum Gasteiger partial charge on any atom is -0.340 e. The molecule has 1 fully saturated rings. The quantitative estimate of drug-likeness (QED) is 0.916. The highest BCUT2D eigenvalue weighted by atomic mass is 16.2. The van der Waals surface area contributed by atoms with Crippen LogP contribution in [0.15, 0.2) is 18.2 Å². The number of nitrogens with zero attached hydrogens (tertiary/aromatic N) is 2. The molecule has 1 atom stereocenters. The average molecular weight is 343 g/mol. The van der Waals surface area contributed by atoms with Crippen molar-refractivity contribution in [3.05, 3.63) is 34.9 Å². The number of benzene rings is 1. The Balaban J connectivity index is 1.58. The fourth-order valence-corrected chi connectivity index (χ4v) is 3.81. The van der Waals surface area contributed by atoms with Gasteiger partial charge in [-0.1, -0.05) is 18.2 Å². The van der Waals surface area contributed by atoms with E-state index in [0.717, 1.165) is 31.4 Å². The number of carbonyl (C=O) groups is 2. The van der Waals surface area contributed by atoms with Gasteiger partial charge in [-0.15, -0.1) is 0 Å². The Bertz CT molecular complexity index is 642. The summed E-state index contributed by atoms with van der Waals surface area (Å²) in [4.78, 5) is 28.0. The molecule has 3 amide bonds. The van der Waals surface area contributed by atoms with E-state index < -0.39 is 0 Å². The van der Waals surface area contributed by atoms with Crippen LogP contribution < -0.4 is 5.32 Å². The molecular formula is C20H29N3O2. The van der Waals surface area contributed by atoms with Gasteiger partial charge >= 0.3 is 6.03 Å². The number of likely N-dealkylation sites (tertiary alicyclic amines) is 1. The highest BCUT2D eigenvalue weighted by molar-refractivity contribution is 5.79. The molecule has 25 heavy (non-hydrogen) atoms. The summed E-state index contributed by atoms with van der Waals surface area (Å²) in [6, 6.07) is 6.50. The zero-order chi connectivity index (χ0) is 17.8. The van der Waals surface area contributed by atoms with E-state index in [1.807, 2.05) is 4.90 Å². The van der Waals surface area contributed by atoms with Crippen molar-refractivity contribution in [1.29, 1.82) is 0 Å². The fraction of sp³-hybridized carbons (Fsp3) is 0.600. The smallest absolute Gasteiger partial charge is 0.317 e. The molecule has 1 aromatic rings. The summed E-state index contributed by atoms with van der Waals surface area (Å²) >= 11 is 0. The molecule has 5 nitrogen and oxygen atoms in total. The van der Waals surface area contributed by atoms with E-state index in [4.69, 9.17) is 0 Å². The first-order valence-electron chi connectivity index (χ1n) is 9.39. The number of piperidine rings is 1. The van der Waals surface area contributed by atoms with Crippen LogP contribution in [0.2, 0.25) is 0 Å². The summed E-state index contributed by atoms with van der Waals surface area (Å²) in [6.45, 7) is 1.40. The number of fused-ring (bicyclic) bond motifs is 1. The van der Waals surface area contributed by atoms with Crippen LogP contribution >= 0.6 is 0 Å². The maximum Gasteiger partial charge on any atom is 0.317 e. The van der Waals surface area contributed by atoms with Crippen molar-refractivity contribution < 1.29 is 9.59 Å². The molecule has 0 bridgehead atoms. The minimum absolute atomic E-state index is 0.0520. The van der Waals surface area contributed by atoms with Gasteiger partial charge in [-0.05, 0) is 55.2 Å². The van der Waals surface area contributed by atoms with Crippen LogP contribution in [0.3, 0.4) is 0 Å². The van der Waals surface area contributed by atoms with Crippen LogP contribution in [0, 0.1) is 0 Å². The van der Waals surface area contributed by atoms with Crippen LogP contribution in [0.1, 0.15) is 42.4 Å². The topological polar surface area (TPSA) is 52.7 Å². The SMILES string of the molecule is CN(C)C(=O)NC1CCCN(C(=O)Cc2ccc3c(c2)CCCC3)C1. The second-order valence-corrected chi connectivity index (χ2v) is 7.51. The lowest BCUT2D eigenvalue weighted by molar-refractivity contribution is -0.131. The largest absolute Gasteiger partial charge is 0.340 e. The highest BCUT2D eigenvalue weighted by Crippen LogP contribution is 2.23. The highest BCUT2D eigenvalue weighted by Gasteiger charge is 2.25. The van der Waals surface area contributed by atoms with Crippen LogP contribution in [-0.4, -0.2) is 55.0 Å². The third-order valence-electron chi connectivity index (χ3n) is 5.28. The van der Waals surface area contributed by atoms with E-state index in [9.17, 15) is 9.59 Å². The summed E-state index contributed by atoms with van der Waals surface area (Å²) < 4.78 is 0. The van der Waals surface area contributed by atoms with Crippen LogP contribution in [0.25, 0.3) is 0 Å². The molecule has 0 saturated carbocycles. The van der Waals surface area contributed by atoms with Gasteiger partial charge in [-0.2, -0.15) is 0 Å². The van der Waals surface area contributed by atoms with Crippen molar-refractivity contribution in [3.63, 3.8) is 0 Å². The molecule has 1 saturated heterocycles. The van der Waals surface area contributed by atoms with Gasteiger partial charge in [-0.25, -0.2) is 4.79 Å². The molecule has 5 heteroatoms. The summed E-state index contributed by atoms with van der Waals surface area (Å²) in [7, 11) is 3.47. The molecule has 0 radical (unpaired) electrons. The first kappa shape index (κ1) is 17.8. The van der Waals surface area contributed by atoms with Gasteiger partial charge in [0.2, 0.25) is 5.91 Å². The molecule has 0 spiro atoms. The molecule has 0 aromatic heterocycles. The average Bonchev–Trinajstić information content (AvgIpc) is 2.61. The predicted octanol–water partition coefficient (Wildman–Crippen LogP) is 2.37. The van der Waals surface area contributed by atoms with Crippen molar-refractivity contribution >= 4 is 11.9 Å².